The topological polar surface area (TPSA) is 39.3 Å². The molecule has 6 rings (SSSR count). The number of hydrogen-bond donors (Lipinski definition) is 2. The molecule has 3 aliphatic rings. The number of aliphatic hydroxyl groups excluding tert-OH is 1. The second kappa shape index (κ2) is 6.83. The van der Waals surface area contributed by atoms with Crippen LogP contribution in [0.2, 0.25) is 0 Å². The molecule has 3 heterocycles. The molecule has 3 aromatic rings. The number of aliphatic hydroxyl groups is 1. The zero-order valence-corrected chi connectivity index (χ0v) is 17.6. The Kier molecular flexibility index (Phi) is 4.19. The highest BCUT2D eigenvalue weighted by molar-refractivity contribution is 5.85. The summed E-state index contributed by atoms with van der Waals surface area (Å²) in [5.41, 5.74) is 6.68. The van der Waals surface area contributed by atoms with Crippen molar-refractivity contribution in [2.75, 3.05) is 13.1 Å². The van der Waals surface area contributed by atoms with Crippen molar-refractivity contribution >= 4 is 17.0 Å². The molecule has 2 fully saturated rings. The van der Waals surface area contributed by atoms with Gasteiger partial charge in [0.1, 0.15) is 0 Å². The van der Waals surface area contributed by atoms with Gasteiger partial charge in [-0.3, -0.25) is 4.90 Å². The van der Waals surface area contributed by atoms with E-state index < -0.39 is 0 Å². The number of rotatable bonds is 1. The van der Waals surface area contributed by atoms with Gasteiger partial charge in [0.05, 0.1) is 11.6 Å². The molecule has 30 heavy (non-hydrogen) atoms. The molecular formula is C27H30N2O. The van der Waals surface area contributed by atoms with Gasteiger partial charge in [0, 0.05) is 29.7 Å². The lowest BCUT2D eigenvalue weighted by molar-refractivity contribution is -0.0402. The molecule has 0 bridgehead atoms. The fourth-order valence-corrected chi connectivity index (χ4v) is 6.51. The number of hydrogen-bond acceptors (Lipinski definition) is 2. The van der Waals surface area contributed by atoms with Gasteiger partial charge in [-0.2, -0.15) is 0 Å². The molecule has 2 aromatic carbocycles. The quantitative estimate of drug-likeness (QED) is 0.597. The van der Waals surface area contributed by atoms with E-state index in [1.165, 1.54) is 33.3 Å². The summed E-state index contributed by atoms with van der Waals surface area (Å²) in [4.78, 5) is 6.51. The van der Waals surface area contributed by atoms with Gasteiger partial charge in [0.15, 0.2) is 0 Å². The maximum Gasteiger partial charge on any atom is 0.0756 e. The number of nitrogens with zero attached hydrogens (tertiary/aromatic N) is 1. The van der Waals surface area contributed by atoms with Crippen molar-refractivity contribution in [2.45, 2.75) is 44.2 Å². The summed E-state index contributed by atoms with van der Waals surface area (Å²) in [6.07, 6.45) is 6.08. The zero-order valence-electron chi connectivity index (χ0n) is 17.6. The highest BCUT2D eigenvalue weighted by Crippen LogP contribution is 2.51. The molecule has 2 aliphatic heterocycles. The predicted octanol–water partition coefficient (Wildman–Crippen LogP) is 5.12. The molecule has 1 saturated carbocycles. The Labute approximate surface area is 178 Å². The molecule has 2 N–H and O–H groups in total. The van der Waals surface area contributed by atoms with Gasteiger partial charge >= 0.3 is 0 Å². The number of aromatic nitrogens is 1. The highest BCUT2D eigenvalue weighted by atomic mass is 16.3. The molecule has 3 heteroatoms. The van der Waals surface area contributed by atoms with Gasteiger partial charge in [0.2, 0.25) is 0 Å². The number of H-pyrrole nitrogens is 1. The first kappa shape index (κ1) is 18.4. The number of para-hydroxylation sites is 1. The van der Waals surface area contributed by atoms with Crippen LogP contribution in [0, 0.1) is 11.8 Å². The molecule has 0 radical (unpaired) electrons. The van der Waals surface area contributed by atoms with E-state index >= 15 is 0 Å². The SMILES string of the molecule is C[C@@]12CC3C[C@H](O)/C(=C/c4ccccc4)CC3CN1CCc1c2[nH]c2ccccc12. The minimum atomic E-state index is -0.313. The Morgan fingerprint density at radius 1 is 1.07 bits per heavy atom. The molecule has 0 amide bonds. The summed E-state index contributed by atoms with van der Waals surface area (Å²) in [7, 11) is 0. The fraction of sp³-hybridized carbons (Fsp3) is 0.407. The van der Waals surface area contributed by atoms with E-state index in [2.05, 4.69) is 71.4 Å². The number of aromatic amines is 1. The van der Waals surface area contributed by atoms with Crippen LogP contribution >= 0.6 is 0 Å². The van der Waals surface area contributed by atoms with Crippen LogP contribution in [0.5, 0.6) is 0 Å². The van der Waals surface area contributed by atoms with Crippen LogP contribution in [0.1, 0.15) is 43.0 Å². The normalized spacial score (nSPS) is 32.6. The summed E-state index contributed by atoms with van der Waals surface area (Å²) >= 11 is 0. The van der Waals surface area contributed by atoms with Crippen LogP contribution in [0.4, 0.5) is 0 Å². The molecule has 1 saturated heterocycles. The average molecular weight is 399 g/mol. The molecular weight excluding hydrogens is 368 g/mol. The molecule has 0 spiro atoms. The third kappa shape index (κ3) is 2.79. The van der Waals surface area contributed by atoms with E-state index in [0.717, 1.165) is 38.8 Å². The Morgan fingerprint density at radius 3 is 2.73 bits per heavy atom. The van der Waals surface area contributed by atoms with Crippen LogP contribution in [-0.2, 0) is 12.0 Å². The van der Waals surface area contributed by atoms with Crippen molar-refractivity contribution < 1.29 is 5.11 Å². The summed E-state index contributed by atoms with van der Waals surface area (Å²) in [6.45, 7) is 4.70. The average Bonchev–Trinajstić information content (AvgIpc) is 3.14. The van der Waals surface area contributed by atoms with Crippen molar-refractivity contribution in [3.05, 3.63) is 77.0 Å². The van der Waals surface area contributed by atoms with Gasteiger partial charge in [-0.15, -0.1) is 0 Å². The van der Waals surface area contributed by atoms with E-state index in [9.17, 15) is 5.11 Å². The number of fused-ring (bicyclic) bond motifs is 6. The monoisotopic (exact) mass is 398 g/mol. The zero-order chi connectivity index (χ0) is 20.3. The first-order valence-corrected chi connectivity index (χ1v) is 11.4. The molecule has 2 unspecified atom stereocenters. The van der Waals surface area contributed by atoms with Crippen molar-refractivity contribution in [1.29, 1.82) is 0 Å². The van der Waals surface area contributed by atoms with E-state index in [-0.39, 0.29) is 11.6 Å². The van der Waals surface area contributed by atoms with E-state index in [1.807, 2.05) is 6.07 Å². The minimum Gasteiger partial charge on any atom is -0.389 e. The molecule has 154 valence electrons. The maximum atomic E-state index is 11.0. The standard InChI is InChI=1S/C27H30N2O/c1-27-16-20-15-25(30)19(13-18-7-3-2-4-8-18)14-21(20)17-29(27)12-11-23-22-9-5-6-10-24(22)28-26(23)27/h2-10,13,20-21,25,28,30H,11-12,14-17H2,1H3/b19-13+/t20?,21?,25-,27-/m0/s1. The van der Waals surface area contributed by atoms with Crippen LogP contribution < -0.4 is 0 Å². The van der Waals surface area contributed by atoms with E-state index in [0.29, 0.717) is 11.8 Å². The lowest BCUT2D eigenvalue weighted by Gasteiger charge is -2.55. The Bertz CT molecular complexity index is 1110. The van der Waals surface area contributed by atoms with E-state index in [4.69, 9.17) is 0 Å². The molecule has 1 aromatic heterocycles. The second-order valence-electron chi connectivity index (χ2n) is 9.80. The summed E-state index contributed by atoms with van der Waals surface area (Å²) < 4.78 is 0. The van der Waals surface area contributed by atoms with Gasteiger partial charge in [-0.1, -0.05) is 54.6 Å². The minimum absolute atomic E-state index is 0.0497. The van der Waals surface area contributed by atoms with Crippen LogP contribution in [0.25, 0.3) is 17.0 Å². The van der Waals surface area contributed by atoms with Gasteiger partial charge in [0.25, 0.3) is 0 Å². The summed E-state index contributed by atoms with van der Waals surface area (Å²) in [5, 5.41) is 12.4. The van der Waals surface area contributed by atoms with E-state index in [1.54, 1.807) is 0 Å². The smallest absolute Gasteiger partial charge is 0.0756 e. The third-order valence-electron chi connectivity index (χ3n) is 8.07. The second-order valence-corrected chi connectivity index (χ2v) is 9.80. The predicted molar refractivity (Wildman–Crippen MR) is 122 cm³/mol. The fourth-order valence-electron chi connectivity index (χ4n) is 6.51. The molecule has 4 atom stereocenters. The first-order chi connectivity index (χ1) is 14.6. The van der Waals surface area contributed by atoms with Crippen molar-refractivity contribution in [2.24, 2.45) is 11.8 Å². The summed E-state index contributed by atoms with van der Waals surface area (Å²) in [6, 6.07) is 19.2. The first-order valence-electron chi connectivity index (χ1n) is 11.4. The number of benzene rings is 2. The molecule has 1 aliphatic carbocycles. The van der Waals surface area contributed by atoms with Gasteiger partial charge in [-0.25, -0.2) is 0 Å². The van der Waals surface area contributed by atoms with Crippen LogP contribution in [0.3, 0.4) is 0 Å². The van der Waals surface area contributed by atoms with Crippen LogP contribution in [0.15, 0.2) is 60.2 Å². The van der Waals surface area contributed by atoms with Crippen molar-refractivity contribution in [1.82, 2.24) is 9.88 Å². The summed E-state index contributed by atoms with van der Waals surface area (Å²) in [5.74, 6) is 1.22. The third-order valence-corrected chi connectivity index (χ3v) is 8.07. The Hall–Kier alpha value is -2.36. The Morgan fingerprint density at radius 2 is 1.87 bits per heavy atom. The lowest BCUT2D eigenvalue weighted by atomic mass is 9.64. The lowest BCUT2D eigenvalue weighted by Crippen LogP contribution is -2.57. The van der Waals surface area contributed by atoms with Gasteiger partial charge < -0.3 is 10.1 Å². The molecule has 3 nitrogen and oxygen atoms in total. The van der Waals surface area contributed by atoms with Crippen LogP contribution in [-0.4, -0.2) is 34.2 Å². The highest BCUT2D eigenvalue weighted by Gasteiger charge is 2.49. The number of piperidine rings is 1. The van der Waals surface area contributed by atoms with Crippen molar-refractivity contribution in [3.8, 4) is 0 Å². The Balaban J connectivity index is 1.32. The van der Waals surface area contributed by atoms with Crippen molar-refractivity contribution in [3.63, 3.8) is 0 Å². The van der Waals surface area contributed by atoms with Gasteiger partial charge in [-0.05, 0) is 67.2 Å². The maximum absolute atomic E-state index is 11.0. The largest absolute Gasteiger partial charge is 0.389 e. The number of nitrogens with one attached hydrogen (secondary N) is 1.